The number of amides is 4. The van der Waals surface area contributed by atoms with Crippen LogP contribution in [0.15, 0.2) is 0 Å². The maximum Gasteiger partial charge on any atom is 0.239 e. The number of ketones is 1. The van der Waals surface area contributed by atoms with Crippen LogP contribution in [0.4, 0.5) is 0 Å². The molecule has 0 saturated carbocycles. The number of carbonyl (C=O) groups is 5. The molecule has 0 unspecified atom stereocenters. The summed E-state index contributed by atoms with van der Waals surface area (Å²) in [7, 11) is 0. The summed E-state index contributed by atoms with van der Waals surface area (Å²) in [6.45, 7) is 0.411. The Morgan fingerprint density at radius 2 is 1.21 bits per heavy atom. The Kier molecular flexibility index (Phi) is 8.33. The van der Waals surface area contributed by atoms with E-state index in [1.54, 1.807) is 0 Å². The first-order chi connectivity index (χ1) is 8.95. The average Bonchev–Trinajstić information content (AvgIpc) is 2.37. The van der Waals surface area contributed by atoms with Gasteiger partial charge in [-0.25, -0.2) is 0 Å². The summed E-state index contributed by atoms with van der Waals surface area (Å²) in [5.41, 5.74) is 0. The molecule has 0 aliphatic carbocycles. The smallest absolute Gasteiger partial charge is 0.239 e. The third kappa shape index (κ3) is 10.4. The largest absolute Gasteiger partial charge is 0.350 e. The molecule has 9 heteroatoms. The van der Waals surface area contributed by atoms with Crippen LogP contribution in [0.3, 0.4) is 0 Å². The fraction of sp³-hybridized carbons (Fsp3) is 0.500. The molecule has 0 spiro atoms. The number of hydrogen-bond donors (Lipinski definition) is 4. The van der Waals surface area contributed by atoms with Crippen LogP contribution in [0.1, 0.15) is 6.92 Å². The number of carbonyl (C=O) groups excluding carboxylic acids is 5. The van der Waals surface area contributed by atoms with Gasteiger partial charge < -0.3 is 21.3 Å². The zero-order valence-electron chi connectivity index (χ0n) is 10.4. The quantitative estimate of drug-likeness (QED) is 0.326. The topological polar surface area (TPSA) is 133 Å². The molecule has 0 rings (SSSR count). The van der Waals surface area contributed by atoms with Crippen molar-refractivity contribution in [1.29, 1.82) is 0 Å². The maximum absolute atomic E-state index is 11.2. The van der Waals surface area contributed by atoms with E-state index in [1.807, 2.05) is 0 Å². The van der Waals surface area contributed by atoms with E-state index in [1.165, 1.54) is 6.92 Å². The molecule has 0 atom stereocenters. The molecule has 0 saturated heterocycles. The van der Waals surface area contributed by atoms with Gasteiger partial charge in [-0.05, 0) is 6.92 Å². The molecule has 0 bridgehead atoms. The predicted octanol–water partition coefficient (Wildman–Crippen LogP) is -3.33. The zero-order chi connectivity index (χ0) is 14.7. The Bertz CT molecular complexity index is 369. The molecular formula is C10H16N4O5. The number of nitrogens with one attached hydrogen (secondary N) is 4. The van der Waals surface area contributed by atoms with Gasteiger partial charge in [-0.3, -0.25) is 24.0 Å². The summed E-state index contributed by atoms with van der Waals surface area (Å²) in [6, 6.07) is 0. The van der Waals surface area contributed by atoms with Crippen LogP contribution in [0, 0.1) is 0 Å². The van der Waals surface area contributed by atoms with Crippen LogP contribution in [0.2, 0.25) is 0 Å². The lowest BCUT2D eigenvalue weighted by Crippen LogP contribution is -2.44. The van der Waals surface area contributed by atoms with Crippen LogP contribution in [-0.2, 0) is 24.0 Å². The Labute approximate surface area is 109 Å². The van der Waals surface area contributed by atoms with E-state index in [2.05, 4.69) is 21.3 Å². The van der Waals surface area contributed by atoms with Crippen molar-refractivity contribution in [3.05, 3.63) is 0 Å². The first-order valence-electron chi connectivity index (χ1n) is 5.42. The Morgan fingerprint density at radius 3 is 1.63 bits per heavy atom. The van der Waals surface area contributed by atoms with E-state index in [9.17, 15) is 24.0 Å². The van der Waals surface area contributed by atoms with Gasteiger partial charge in [-0.2, -0.15) is 0 Å². The van der Waals surface area contributed by atoms with Gasteiger partial charge in [0.1, 0.15) is 5.78 Å². The van der Waals surface area contributed by atoms with E-state index in [-0.39, 0.29) is 32.0 Å². The molecule has 9 nitrogen and oxygen atoms in total. The van der Waals surface area contributed by atoms with Crippen molar-refractivity contribution in [3.8, 4) is 0 Å². The van der Waals surface area contributed by atoms with Gasteiger partial charge in [-0.15, -0.1) is 0 Å². The van der Waals surface area contributed by atoms with Gasteiger partial charge in [0.05, 0.1) is 26.2 Å². The lowest BCUT2D eigenvalue weighted by molar-refractivity contribution is -0.128. The van der Waals surface area contributed by atoms with Crippen LogP contribution in [0.5, 0.6) is 0 Å². The maximum atomic E-state index is 11.2. The monoisotopic (exact) mass is 272 g/mol. The van der Waals surface area contributed by atoms with Crippen LogP contribution >= 0.6 is 0 Å². The van der Waals surface area contributed by atoms with Crippen LogP contribution < -0.4 is 21.3 Å². The summed E-state index contributed by atoms with van der Waals surface area (Å²) in [6.07, 6.45) is 0.360. The normalized spacial score (nSPS) is 9.11. The molecule has 0 aromatic carbocycles. The summed E-state index contributed by atoms with van der Waals surface area (Å²) in [5.74, 6) is -1.78. The number of hydrogen-bond acceptors (Lipinski definition) is 5. The van der Waals surface area contributed by atoms with Gasteiger partial charge >= 0.3 is 0 Å². The molecule has 0 heterocycles. The minimum absolute atomic E-state index is 0.0944. The van der Waals surface area contributed by atoms with Crippen molar-refractivity contribution >= 4 is 29.9 Å². The van der Waals surface area contributed by atoms with Crippen molar-refractivity contribution < 1.29 is 24.0 Å². The van der Waals surface area contributed by atoms with Gasteiger partial charge in [-0.1, -0.05) is 0 Å². The SMILES string of the molecule is CC(=O)CNC(=O)CNC(=O)CNC(=O)CNC=O. The first-order valence-corrected chi connectivity index (χ1v) is 5.42. The fourth-order valence-corrected chi connectivity index (χ4v) is 0.903. The molecule has 0 aliphatic heterocycles. The molecule has 0 aliphatic rings. The molecule has 0 fully saturated rings. The van der Waals surface area contributed by atoms with Crippen molar-refractivity contribution in [2.75, 3.05) is 26.2 Å². The Hall–Kier alpha value is -2.45. The van der Waals surface area contributed by atoms with Crippen molar-refractivity contribution in [2.45, 2.75) is 6.92 Å². The molecule has 19 heavy (non-hydrogen) atoms. The second kappa shape index (κ2) is 9.57. The minimum Gasteiger partial charge on any atom is -0.350 e. The van der Waals surface area contributed by atoms with E-state index < -0.39 is 17.7 Å². The van der Waals surface area contributed by atoms with Crippen molar-refractivity contribution in [1.82, 2.24) is 21.3 Å². The van der Waals surface area contributed by atoms with E-state index in [0.717, 1.165) is 0 Å². The lowest BCUT2D eigenvalue weighted by Gasteiger charge is -2.06. The van der Waals surface area contributed by atoms with Crippen LogP contribution in [-0.4, -0.2) is 56.1 Å². The summed E-state index contributed by atoms with van der Waals surface area (Å²) >= 11 is 0. The highest BCUT2D eigenvalue weighted by Crippen LogP contribution is 1.70. The molecule has 4 amide bonds. The predicted molar refractivity (Wildman–Crippen MR) is 63.8 cm³/mol. The molecular weight excluding hydrogens is 256 g/mol. The summed E-state index contributed by atoms with van der Waals surface area (Å²) < 4.78 is 0. The highest BCUT2D eigenvalue weighted by molar-refractivity contribution is 5.90. The third-order valence-electron chi connectivity index (χ3n) is 1.77. The second-order valence-electron chi connectivity index (χ2n) is 3.53. The standard InChI is InChI=1S/C10H16N4O5/c1-7(16)2-12-9(18)4-14-10(19)5-13-8(17)3-11-6-15/h6H,2-5H2,1H3,(H,11,15)(H,12,18)(H,13,17)(H,14,19). The third-order valence-corrected chi connectivity index (χ3v) is 1.77. The average molecular weight is 272 g/mol. The summed E-state index contributed by atoms with van der Waals surface area (Å²) in [4.78, 5) is 53.8. The van der Waals surface area contributed by atoms with Gasteiger partial charge in [0, 0.05) is 0 Å². The molecule has 0 aromatic heterocycles. The first kappa shape index (κ1) is 16.6. The van der Waals surface area contributed by atoms with E-state index in [4.69, 9.17) is 0 Å². The minimum atomic E-state index is -0.558. The molecule has 0 aromatic rings. The van der Waals surface area contributed by atoms with Crippen LogP contribution in [0.25, 0.3) is 0 Å². The van der Waals surface area contributed by atoms with E-state index >= 15 is 0 Å². The highest BCUT2D eigenvalue weighted by Gasteiger charge is 2.07. The highest BCUT2D eigenvalue weighted by atomic mass is 16.2. The fourth-order valence-electron chi connectivity index (χ4n) is 0.903. The number of Topliss-reactive ketones (excluding diaryl/α,β-unsaturated/α-hetero) is 1. The summed E-state index contributed by atoms with van der Waals surface area (Å²) in [5, 5.41) is 8.90. The Morgan fingerprint density at radius 1 is 0.789 bits per heavy atom. The van der Waals surface area contributed by atoms with Gasteiger partial charge in [0.15, 0.2) is 0 Å². The van der Waals surface area contributed by atoms with Crippen molar-refractivity contribution in [2.24, 2.45) is 0 Å². The lowest BCUT2D eigenvalue weighted by atomic mass is 10.4. The molecule has 0 radical (unpaired) electrons. The second-order valence-corrected chi connectivity index (χ2v) is 3.53. The molecule has 4 N–H and O–H groups in total. The van der Waals surface area contributed by atoms with Gasteiger partial charge in [0.25, 0.3) is 0 Å². The van der Waals surface area contributed by atoms with E-state index in [0.29, 0.717) is 6.41 Å². The Balaban J connectivity index is 3.69. The zero-order valence-corrected chi connectivity index (χ0v) is 10.4. The number of rotatable bonds is 9. The van der Waals surface area contributed by atoms with Gasteiger partial charge in [0.2, 0.25) is 24.1 Å². The van der Waals surface area contributed by atoms with Crippen molar-refractivity contribution in [3.63, 3.8) is 0 Å². The molecule has 106 valence electrons.